The fourth-order valence-corrected chi connectivity index (χ4v) is 5.32. The van der Waals surface area contributed by atoms with Crippen LogP contribution in [0.5, 0.6) is 5.75 Å². The highest BCUT2D eigenvalue weighted by Gasteiger charge is 2.37. The molecule has 4 heterocycles. The molecular formula is C24H25ClN6O4S. The Hall–Kier alpha value is -3.15. The molecule has 3 aromatic rings. The van der Waals surface area contributed by atoms with Gasteiger partial charge in [0, 0.05) is 30.1 Å². The number of pyridine rings is 1. The van der Waals surface area contributed by atoms with Crippen LogP contribution in [0.4, 0.5) is 0 Å². The molecule has 2 bridgehead atoms. The number of likely N-dealkylation sites (tertiary alicyclic amines) is 1. The van der Waals surface area contributed by atoms with Crippen LogP contribution in [0.15, 0.2) is 48.8 Å². The van der Waals surface area contributed by atoms with Crippen LogP contribution < -0.4 is 10.1 Å². The van der Waals surface area contributed by atoms with Gasteiger partial charge in [0.15, 0.2) is 11.4 Å². The second-order valence-corrected chi connectivity index (χ2v) is 9.88. The number of carbonyl (C=O) groups excluding carboxylic acids is 2. The topological polar surface area (TPSA) is 111 Å². The molecule has 1 N–H and O–H groups in total. The fourth-order valence-electron chi connectivity index (χ4n) is 4.11. The molecule has 2 aliphatic rings. The van der Waals surface area contributed by atoms with Crippen LogP contribution in [-0.2, 0) is 28.4 Å². The number of hydrogen-bond donors (Lipinski definition) is 1. The lowest BCUT2D eigenvalue weighted by Gasteiger charge is -2.20. The minimum Gasteiger partial charge on any atom is -0.489 e. The second-order valence-electron chi connectivity index (χ2n) is 8.48. The molecule has 0 unspecified atom stereocenters. The van der Waals surface area contributed by atoms with Gasteiger partial charge in [-0.3, -0.25) is 9.59 Å². The van der Waals surface area contributed by atoms with Crippen molar-refractivity contribution in [3.63, 3.8) is 0 Å². The number of hydrogen-bond acceptors (Lipinski definition) is 8. The van der Waals surface area contributed by atoms with Crippen molar-refractivity contribution < 1.29 is 19.1 Å². The monoisotopic (exact) mass is 528 g/mol. The molecule has 10 nitrogen and oxygen atoms in total. The molecular weight excluding hydrogens is 504 g/mol. The number of nitrogens with one attached hydrogen (secondary N) is 1. The third kappa shape index (κ3) is 5.80. The third-order valence-electron chi connectivity index (χ3n) is 5.97. The second kappa shape index (κ2) is 11.3. The lowest BCUT2D eigenvalue weighted by Crippen LogP contribution is -2.44. The van der Waals surface area contributed by atoms with Gasteiger partial charge in [-0.05, 0) is 23.8 Å². The molecule has 0 aliphatic carbocycles. The van der Waals surface area contributed by atoms with Crippen LogP contribution in [0.2, 0.25) is 5.02 Å². The molecule has 188 valence electrons. The van der Waals surface area contributed by atoms with Gasteiger partial charge in [-0.2, -0.15) is 0 Å². The summed E-state index contributed by atoms with van der Waals surface area (Å²) in [7, 11) is 0. The van der Waals surface area contributed by atoms with Crippen molar-refractivity contribution in [2.75, 3.05) is 25.4 Å². The highest BCUT2D eigenvalue weighted by Crippen LogP contribution is 2.23. The Morgan fingerprint density at radius 2 is 2.11 bits per heavy atom. The molecule has 2 aromatic heterocycles. The van der Waals surface area contributed by atoms with Gasteiger partial charge in [0.25, 0.3) is 5.91 Å². The van der Waals surface area contributed by atoms with Gasteiger partial charge in [0.1, 0.15) is 12.3 Å². The Kier molecular flexibility index (Phi) is 7.69. The first-order valence-electron chi connectivity index (χ1n) is 11.5. The van der Waals surface area contributed by atoms with Crippen LogP contribution in [0.25, 0.3) is 0 Å². The van der Waals surface area contributed by atoms with Crippen LogP contribution in [0.1, 0.15) is 21.7 Å². The van der Waals surface area contributed by atoms with Crippen molar-refractivity contribution in [3.8, 4) is 5.75 Å². The van der Waals surface area contributed by atoms with Gasteiger partial charge >= 0.3 is 0 Å². The zero-order valence-corrected chi connectivity index (χ0v) is 21.0. The van der Waals surface area contributed by atoms with E-state index in [1.54, 1.807) is 34.1 Å². The maximum absolute atomic E-state index is 13.1. The lowest BCUT2D eigenvalue weighted by atomic mass is 10.2. The molecule has 5 rings (SSSR count). The summed E-state index contributed by atoms with van der Waals surface area (Å²) in [5.41, 5.74) is 1.84. The number of carbonyl (C=O) groups is 2. The van der Waals surface area contributed by atoms with Gasteiger partial charge in [0.2, 0.25) is 5.91 Å². The predicted molar refractivity (Wildman–Crippen MR) is 134 cm³/mol. The Morgan fingerprint density at radius 3 is 3.00 bits per heavy atom. The summed E-state index contributed by atoms with van der Waals surface area (Å²) in [4.78, 5) is 32.1. The standard InChI is InChI=1S/C24H25ClN6O4S/c25-18-5-2-1-4-16(18)14-36-15-22(32)30-11-19-21(12-30)35-13-17-10-31(29-28-17)8-9-34-20-6-3-7-26-23(20)24(33)27-19/h1-7,10,19,21H,8-9,11-15H2,(H,27,33)/t19-,21-/m0/s1. The Bertz CT molecular complexity index is 1240. The quantitative estimate of drug-likeness (QED) is 0.548. The van der Waals surface area contributed by atoms with Crippen molar-refractivity contribution in [2.45, 2.75) is 31.1 Å². The highest BCUT2D eigenvalue weighted by atomic mass is 35.5. The summed E-state index contributed by atoms with van der Waals surface area (Å²) in [6, 6.07) is 10.6. The fraction of sp³-hybridized carbons (Fsp3) is 0.375. The van der Waals surface area contributed by atoms with Gasteiger partial charge in [-0.15, -0.1) is 16.9 Å². The number of thioether (sulfide) groups is 1. The van der Waals surface area contributed by atoms with Crippen molar-refractivity contribution >= 4 is 35.2 Å². The Balaban J connectivity index is 1.28. The molecule has 0 radical (unpaired) electrons. The summed E-state index contributed by atoms with van der Waals surface area (Å²) >= 11 is 7.73. The van der Waals surface area contributed by atoms with Gasteiger partial charge in [-0.1, -0.05) is 35.0 Å². The number of fused-ring (bicyclic) bond motifs is 4. The van der Waals surface area contributed by atoms with Crippen molar-refractivity contribution in [2.24, 2.45) is 0 Å². The van der Waals surface area contributed by atoms with E-state index >= 15 is 0 Å². The minimum absolute atomic E-state index is 0.0249. The molecule has 0 spiro atoms. The summed E-state index contributed by atoms with van der Waals surface area (Å²) < 4.78 is 13.6. The normalized spacial score (nSPS) is 20.0. The van der Waals surface area contributed by atoms with E-state index in [1.807, 2.05) is 24.3 Å². The highest BCUT2D eigenvalue weighted by molar-refractivity contribution is 7.99. The van der Waals surface area contributed by atoms with Crippen LogP contribution in [0.3, 0.4) is 0 Å². The largest absolute Gasteiger partial charge is 0.489 e. The number of ether oxygens (including phenoxy) is 2. The number of nitrogens with zero attached hydrogens (tertiary/aromatic N) is 5. The van der Waals surface area contributed by atoms with E-state index in [9.17, 15) is 9.59 Å². The van der Waals surface area contributed by atoms with E-state index in [1.165, 1.54) is 11.8 Å². The first kappa shape index (κ1) is 24.5. The predicted octanol–water partition coefficient (Wildman–Crippen LogP) is 2.18. The number of amides is 2. The molecule has 1 fully saturated rings. The summed E-state index contributed by atoms with van der Waals surface area (Å²) in [5, 5.41) is 11.9. The molecule has 1 aromatic carbocycles. The van der Waals surface area contributed by atoms with Crippen LogP contribution in [0, 0.1) is 0 Å². The van der Waals surface area contributed by atoms with Gasteiger partial charge in [0.05, 0.1) is 37.2 Å². The van der Waals surface area contributed by atoms with Crippen LogP contribution >= 0.6 is 23.4 Å². The van der Waals surface area contributed by atoms with E-state index in [0.29, 0.717) is 54.2 Å². The zero-order valence-electron chi connectivity index (χ0n) is 19.4. The van der Waals surface area contributed by atoms with E-state index in [4.69, 9.17) is 21.1 Å². The maximum atomic E-state index is 13.1. The Morgan fingerprint density at radius 1 is 1.22 bits per heavy atom. The average molecular weight is 529 g/mol. The average Bonchev–Trinajstić information content (AvgIpc) is 3.50. The van der Waals surface area contributed by atoms with E-state index < -0.39 is 12.1 Å². The van der Waals surface area contributed by atoms with Gasteiger partial charge in [-0.25, -0.2) is 9.67 Å². The number of benzene rings is 1. The van der Waals surface area contributed by atoms with E-state index in [2.05, 4.69) is 20.6 Å². The molecule has 36 heavy (non-hydrogen) atoms. The lowest BCUT2D eigenvalue weighted by molar-refractivity contribution is -0.127. The van der Waals surface area contributed by atoms with Crippen molar-refractivity contribution in [1.29, 1.82) is 0 Å². The smallest absolute Gasteiger partial charge is 0.274 e. The minimum atomic E-state index is -0.414. The first-order valence-corrected chi connectivity index (χ1v) is 13.1. The number of rotatable bonds is 4. The molecule has 2 aliphatic heterocycles. The summed E-state index contributed by atoms with van der Waals surface area (Å²) in [5.74, 6) is 0.915. The molecule has 12 heteroatoms. The van der Waals surface area contributed by atoms with E-state index in [0.717, 1.165) is 5.56 Å². The molecule has 2 atom stereocenters. The SMILES string of the molecule is O=C1N[C@H]2CN(C(=O)CSCc3ccccc3Cl)C[C@@H]2OCc2cn(nn2)CCOc2cccnc21. The summed E-state index contributed by atoms with van der Waals surface area (Å²) in [6.45, 7) is 1.67. The Labute approximate surface area is 217 Å². The maximum Gasteiger partial charge on any atom is 0.274 e. The molecule has 1 saturated heterocycles. The van der Waals surface area contributed by atoms with Crippen LogP contribution in [-0.4, -0.2) is 74.3 Å². The van der Waals surface area contributed by atoms with Crippen molar-refractivity contribution in [1.82, 2.24) is 30.2 Å². The molecule has 0 saturated carbocycles. The number of halogens is 1. The van der Waals surface area contributed by atoms with Gasteiger partial charge < -0.3 is 19.7 Å². The zero-order chi connectivity index (χ0) is 24.9. The number of aromatic nitrogens is 4. The summed E-state index contributed by atoms with van der Waals surface area (Å²) in [6.07, 6.45) is 2.94. The third-order valence-corrected chi connectivity index (χ3v) is 7.31. The first-order chi connectivity index (χ1) is 17.6. The molecule has 2 amide bonds. The van der Waals surface area contributed by atoms with E-state index in [-0.39, 0.29) is 24.1 Å². The van der Waals surface area contributed by atoms with Crippen molar-refractivity contribution in [3.05, 3.63) is 70.8 Å².